The normalized spacial score (nSPS) is 12.8. The molecule has 0 bridgehead atoms. The molecule has 0 radical (unpaired) electrons. The number of rotatable bonds is 11. The first-order valence-corrected chi connectivity index (χ1v) is 7.99. The van der Waals surface area contributed by atoms with Crippen LogP contribution in [-0.2, 0) is 6.54 Å². The van der Waals surface area contributed by atoms with Crippen LogP contribution in [0.2, 0.25) is 0 Å². The molecule has 1 atom stereocenters. The summed E-state index contributed by atoms with van der Waals surface area (Å²) < 4.78 is 1.94. The molecule has 1 rings (SSSR count). The molecular formula is C16H30N2O. The third kappa shape index (κ3) is 6.24. The van der Waals surface area contributed by atoms with Crippen LogP contribution in [0.25, 0.3) is 0 Å². The number of aliphatic hydroxyl groups excluding tert-OH is 1. The highest BCUT2D eigenvalue weighted by Gasteiger charge is 2.12. The smallest absolute Gasteiger partial charge is 0.0956 e. The summed E-state index contributed by atoms with van der Waals surface area (Å²) >= 11 is 0. The molecule has 0 aliphatic carbocycles. The zero-order valence-corrected chi connectivity index (χ0v) is 12.6. The van der Waals surface area contributed by atoms with Crippen LogP contribution < -0.4 is 0 Å². The lowest BCUT2D eigenvalue weighted by molar-refractivity contribution is 0.152. The Balaban J connectivity index is 2.16. The van der Waals surface area contributed by atoms with E-state index in [0.717, 1.165) is 31.5 Å². The molecule has 0 spiro atoms. The summed E-state index contributed by atoms with van der Waals surface area (Å²) in [7, 11) is 0. The first kappa shape index (κ1) is 16.2. The van der Waals surface area contributed by atoms with Gasteiger partial charge in [-0.1, -0.05) is 58.8 Å². The molecule has 0 aliphatic rings. The molecule has 1 aromatic heterocycles. The zero-order valence-electron chi connectivity index (χ0n) is 12.6. The van der Waals surface area contributed by atoms with Crippen molar-refractivity contribution >= 4 is 0 Å². The summed E-state index contributed by atoms with van der Waals surface area (Å²) in [6.45, 7) is 5.28. The molecule has 0 aliphatic heterocycles. The van der Waals surface area contributed by atoms with Crippen molar-refractivity contribution in [3.05, 3.63) is 18.0 Å². The Bertz CT molecular complexity index is 322. The average Bonchev–Trinajstić information content (AvgIpc) is 2.86. The number of aliphatic hydroxyl groups is 1. The minimum atomic E-state index is -0.343. The van der Waals surface area contributed by atoms with Gasteiger partial charge in [0.25, 0.3) is 0 Å². The van der Waals surface area contributed by atoms with Gasteiger partial charge in [0.2, 0.25) is 0 Å². The molecule has 1 heterocycles. The van der Waals surface area contributed by atoms with Crippen LogP contribution in [0.3, 0.4) is 0 Å². The number of hydrogen-bond acceptors (Lipinski definition) is 2. The molecule has 1 unspecified atom stereocenters. The van der Waals surface area contributed by atoms with E-state index in [2.05, 4.69) is 18.9 Å². The summed E-state index contributed by atoms with van der Waals surface area (Å²) in [5.41, 5.74) is 0.979. The van der Waals surface area contributed by atoms with E-state index in [1.807, 2.05) is 10.7 Å². The highest BCUT2D eigenvalue weighted by molar-refractivity contribution is 5.04. The van der Waals surface area contributed by atoms with E-state index in [1.54, 1.807) is 6.20 Å². The standard InChI is InChI=1S/C16H30N2O/c1-3-5-6-7-8-9-10-11-16(19)15-12-13-17-18(15)14-4-2/h12-13,16,19H,3-11,14H2,1-2H3. The lowest BCUT2D eigenvalue weighted by Gasteiger charge is -2.12. The Morgan fingerprint density at radius 2 is 1.74 bits per heavy atom. The largest absolute Gasteiger partial charge is 0.387 e. The maximum atomic E-state index is 10.2. The van der Waals surface area contributed by atoms with Gasteiger partial charge in [0.05, 0.1) is 11.8 Å². The summed E-state index contributed by atoms with van der Waals surface area (Å²) in [4.78, 5) is 0. The number of aryl methyl sites for hydroxylation is 1. The van der Waals surface area contributed by atoms with Gasteiger partial charge < -0.3 is 5.11 Å². The minimum absolute atomic E-state index is 0.343. The summed E-state index contributed by atoms with van der Waals surface area (Å²) in [6.07, 6.45) is 12.4. The van der Waals surface area contributed by atoms with Crippen molar-refractivity contribution < 1.29 is 5.11 Å². The molecule has 0 saturated carbocycles. The van der Waals surface area contributed by atoms with Gasteiger partial charge in [-0.2, -0.15) is 5.10 Å². The second kappa shape index (κ2) is 10.0. The summed E-state index contributed by atoms with van der Waals surface area (Å²) in [5, 5.41) is 14.5. The second-order valence-corrected chi connectivity index (χ2v) is 5.41. The molecule has 110 valence electrons. The number of nitrogens with zero attached hydrogens (tertiary/aromatic N) is 2. The minimum Gasteiger partial charge on any atom is -0.387 e. The first-order valence-electron chi connectivity index (χ1n) is 7.99. The number of unbranched alkanes of at least 4 members (excludes halogenated alkanes) is 6. The quantitative estimate of drug-likeness (QED) is 0.600. The number of aromatic nitrogens is 2. The van der Waals surface area contributed by atoms with Crippen molar-refractivity contribution in [1.29, 1.82) is 0 Å². The van der Waals surface area contributed by atoms with E-state index in [4.69, 9.17) is 0 Å². The summed E-state index contributed by atoms with van der Waals surface area (Å²) in [6, 6.07) is 1.95. The van der Waals surface area contributed by atoms with E-state index in [9.17, 15) is 5.11 Å². The highest BCUT2D eigenvalue weighted by Crippen LogP contribution is 2.20. The predicted octanol–water partition coefficient (Wildman–Crippen LogP) is 4.47. The topological polar surface area (TPSA) is 38.1 Å². The fourth-order valence-electron chi connectivity index (χ4n) is 2.47. The molecular weight excluding hydrogens is 236 g/mol. The van der Waals surface area contributed by atoms with Gasteiger partial charge in [-0.3, -0.25) is 4.68 Å². The SMILES string of the molecule is CCCCCCCCCC(O)c1ccnn1CCC. The Morgan fingerprint density at radius 3 is 2.42 bits per heavy atom. The van der Waals surface area contributed by atoms with Crippen molar-refractivity contribution in [2.75, 3.05) is 0 Å². The Morgan fingerprint density at radius 1 is 1.05 bits per heavy atom. The van der Waals surface area contributed by atoms with Gasteiger partial charge in [-0.25, -0.2) is 0 Å². The maximum absolute atomic E-state index is 10.2. The van der Waals surface area contributed by atoms with Gasteiger partial charge in [0.1, 0.15) is 0 Å². The first-order chi connectivity index (χ1) is 9.29. The van der Waals surface area contributed by atoms with Crippen molar-refractivity contribution in [2.45, 2.75) is 84.3 Å². The molecule has 0 fully saturated rings. The van der Waals surface area contributed by atoms with Gasteiger partial charge in [0.15, 0.2) is 0 Å². The van der Waals surface area contributed by atoms with E-state index in [0.29, 0.717) is 0 Å². The van der Waals surface area contributed by atoms with Crippen LogP contribution in [0, 0.1) is 0 Å². The number of hydrogen-bond donors (Lipinski definition) is 1. The van der Waals surface area contributed by atoms with Crippen molar-refractivity contribution in [3.8, 4) is 0 Å². The molecule has 1 aromatic rings. The van der Waals surface area contributed by atoms with E-state index >= 15 is 0 Å². The van der Waals surface area contributed by atoms with Gasteiger partial charge in [0, 0.05) is 12.7 Å². The van der Waals surface area contributed by atoms with Gasteiger partial charge in [-0.05, 0) is 18.9 Å². The maximum Gasteiger partial charge on any atom is 0.0956 e. The van der Waals surface area contributed by atoms with Crippen LogP contribution in [-0.4, -0.2) is 14.9 Å². The second-order valence-electron chi connectivity index (χ2n) is 5.41. The Labute approximate surface area is 118 Å². The van der Waals surface area contributed by atoms with Crippen LogP contribution in [0.15, 0.2) is 12.3 Å². The molecule has 0 saturated heterocycles. The van der Waals surface area contributed by atoms with Crippen molar-refractivity contribution in [3.63, 3.8) is 0 Å². The van der Waals surface area contributed by atoms with Crippen LogP contribution >= 0.6 is 0 Å². The third-order valence-electron chi connectivity index (χ3n) is 3.61. The monoisotopic (exact) mass is 266 g/mol. The lowest BCUT2D eigenvalue weighted by atomic mass is 10.0. The van der Waals surface area contributed by atoms with Crippen molar-refractivity contribution in [1.82, 2.24) is 9.78 Å². The lowest BCUT2D eigenvalue weighted by Crippen LogP contribution is -2.09. The molecule has 0 aromatic carbocycles. The fourth-order valence-corrected chi connectivity index (χ4v) is 2.47. The summed E-state index contributed by atoms with van der Waals surface area (Å²) in [5.74, 6) is 0. The van der Waals surface area contributed by atoms with E-state index < -0.39 is 0 Å². The van der Waals surface area contributed by atoms with E-state index in [-0.39, 0.29) is 6.10 Å². The highest BCUT2D eigenvalue weighted by atomic mass is 16.3. The molecule has 3 nitrogen and oxygen atoms in total. The predicted molar refractivity (Wildman–Crippen MR) is 80.1 cm³/mol. The van der Waals surface area contributed by atoms with Crippen LogP contribution in [0.1, 0.15) is 83.4 Å². The third-order valence-corrected chi connectivity index (χ3v) is 3.61. The Hall–Kier alpha value is -0.830. The van der Waals surface area contributed by atoms with Crippen LogP contribution in [0.4, 0.5) is 0 Å². The molecule has 0 amide bonds. The zero-order chi connectivity index (χ0) is 13.9. The van der Waals surface area contributed by atoms with Gasteiger partial charge >= 0.3 is 0 Å². The van der Waals surface area contributed by atoms with E-state index in [1.165, 1.54) is 38.5 Å². The Kier molecular flexibility index (Phi) is 8.55. The average molecular weight is 266 g/mol. The van der Waals surface area contributed by atoms with Crippen molar-refractivity contribution in [2.24, 2.45) is 0 Å². The molecule has 1 N–H and O–H groups in total. The fraction of sp³-hybridized carbons (Fsp3) is 0.812. The molecule has 19 heavy (non-hydrogen) atoms. The van der Waals surface area contributed by atoms with Crippen LogP contribution in [0.5, 0.6) is 0 Å². The van der Waals surface area contributed by atoms with Gasteiger partial charge in [-0.15, -0.1) is 0 Å². The molecule has 3 heteroatoms.